The Morgan fingerprint density at radius 3 is 2.38 bits per heavy atom. The zero-order valence-electron chi connectivity index (χ0n) is 18.7. The third-order valence-electron chi connectivity index (χ3n) is 5.91. The molecule has 3 heterocycles. The van der Waals surface area contributed by atoms with Crippen LogP contribution in [-0.2, 0) is 13.0 Å². The van der Waals surface area contributed by atoms with E-state index in [1.165, 1.54) is 37.0 Å². The lowest BCUT2D eigenvalue weighted by molar-refractivity contribution is 0.0696. The summed E-state index contributed by atoms with van der Waals surface area (Å²) in [5.41, 5.74) is 4.81. The van der Waals surface area contributed by atoms with Gasteiger partial charge in [-0.05, 0) is 80.1 Å². The van der Waals surface area contributed by atoms with Crippen LogP contribution in [0.1, 0.15) is 62.5 Å². The Labute approximate surface area is 188 Å². The first-order valence-corrected chi connectivity index (χ1v) is 11.1. The van der Waals surface area contributed by atoms with Gasteiger partial charge < -0.3 is 14.6 Å². The molecule has 1 aliphatic rings. The molecule has 166 valence electrons. The van der Waals surface area contributed by atoms with Crippen molar-refractivity contribution in [2.45, 2.75) is 46.1 Å². The molecule has 4 rings (SSSR count). The molecule has 0 aliphatic carbocycles. The minimum atomic E-state index is -0.970. The first-order valence-electron chi connectivity index (χ1n) is 11.1. The fourth-order valence-corrected chi connectivity index (χ4v) is 4.32. The van der Waals surface area contributed by atoms with Crippen LogP contribution in [0.5, 0.6) is 0 Å². The molecule has 1 aliphatic heterocycles. The van der Waals surface area contributed by atoms with Crippen LogP contribution in [0.15, 0.2) is 48.7 Å². The van der Waals surface area contributed by atoms with Crippen molar-refractivity contribution in [3.05, 3.63) is 82.3 Å². The van der Waals surface area contributed by atoms with Crippen LogP contribution < -0.4 is 4.90 Å². The van der Waals surface area contributed by atoms with Crippen molar-refractivity contribution in [2.75, 3.05) is 18.0 Å². The van der Waals surface area contributed by atoms with Crippen molar-refractivity contribution in [1.29, 1.82) is 0 Å². The molecule has 0 unspecified atom stereocenters. The van der Waals surface area contributed by atoms with E-state index >= 15 is 0 Å². The summed E-state index contributed by atoms with van der Waals surface area (Å²) in [6.45, 7) is 6.70. The van der Waals surface area contributed by atoms with Crippen molar-refractivity contribution in [3.8, 4) is 0 Å². The Morgan fingerprint density at radius 2 is 1.69 bits per heavy atom. The van der Waals surface area contributed by atoms with Crippen molar-refractivity contribution in [1.82, 2.24) is 9.55 Å². The van der Waals surface area contributed by atoms with Crippen LogP contribution in [0, 0.1) is 13.8 Å². The Kier molecular flexibility index (Phi) is 6.40. The number of hydrogen-bond acceptors (Lipinski definition) is 4. The number of Topliss-reactive ketones (excluding diaryl/α,β-unsaturated/α-hetero) is 1. The Bertz CT molecular complexity index is 1130. The number of carboxylic acids is 1. The van der Waals surface area contributed by atoms with E-state index in [9.17, 15) is 9.59 Å². The van der Waals surface area contributed by atoms with E-state index < -0.39 is 5.97 Å². The molecule has 2 aromatic heterocycles. The van der Waals surface area contributed by atoms with Gasteiger partial charge >= 0.3 is 5.97 Å². The number of carboxylic acid groups (broad SMARTS) is 1. The lowest BCUT2D eigenvalue weighted by Crippen LogP contribution is -2.30. The van der Waals surface area contributed by atoms with Crippen molar-refractivity contribution in [3.63, 3.8) is 0 Å². The zero-order valence-corrected chi connectivity index (χ0v) is 18.7. The maximum atomic E-state index is 13.1. The van der Waals surface area contributed by atoms with Crippen molar-refractivity contribution >= 4 is 17.6 Å². The van der Waals surface area contributed by atoms with Gasteiger partial charge in [0.1, 0.15) is 5.82 Å². The average molecular weight is 432 g/mol. The summed E-state index contributed by atoms with van der Waals surface area (Å²) in [5, 5.41) is 9.06. The number of anilines is 1. The van der Waals surface area contributed by atoms with Gasteiger partial charge in [0.25, 0.3) is 0 Å². The van der Waals surface area contributed by atoms with Crippen LogP contribution in [0.2, 0.25) is 0 Å². The Hall–Kier alpha value is -3.41. The van der Waals surface area contributed by atoms with E-state index in [2.05, 4.69) is 24.0 Å². The lowest BCUT2D eigenvalue weighted by atomic mass is 10.0. The van der Waals surface area contributed by atoms with E-state index in [1.807, 2.05) is 23.8 Å². The molecular formula is C26H29N3O3. The smallest absolute Gasteiger partial charge is 0.335 e. The normalized spacial score (nSPS) is 13.9. The number of aromatic carboxylic acids is 1. The summed E-state index contributed by atoms with van der Waals surface area (Å²) in [4.78, 5) is 31.4. The zero-order chi connectivity index (χ0) is 22.7. The minimum absolute atomic E-state index is 0.00471. The maximum absolute atomic E-state index is 13.1. The molecule has 1 N–H and O–H groups in total. The fraction of sp³-hybridized carbons (Fsp3) is 0.346. The molecule has 0 radical (unpaired) electrons. The van der Waals surface area contributed by atoms with Gasteiger partial charge in [-0.3, -0.25) is 4.79 Å². The van der Waals surface area contributed by atoms with Crippen LogP contribution in [0.4, 0.5) is 5.82 Å². The third kappa shape index (κ3) is 5.07. The van der Waals surface area contributed by atoms with Gasteiger partial charge in [-0.2, -0.15) is 0 Å². The number of rotatable bonds is 7. The number of aromatic nitrogens is 2. The number of carbonyl (C=O) groups excluding carboxylic acids is 1. The Balaban J connectivity index is 1.54. The summed E-state index contributed by atoms with van der Waals surface area (Å²) in [6.07, 6.45) is 5.90. The van der Waals surface area contributed by atoms with Gasteiger partial charge in [-0.1, -0.05) is 12.1 Å². The predicted molar refractivity (Wildman–Crippen MR) is 125 cm³/mol. The van der Waals surface area contributed by atoms with Crippen LogP contribution >= 0.6 is 0 Å². The molecule has 32 heavy (non-hydrogen) atoms. The fourth-order valence-electron chi connectivity index (χ4n) is 4.32. The highest BCUT2D eigenvalue weighted by molar-refractivity contribution is 5.96. The molecule has 6 heteroatoms. The van der Waals surface area contributed by atoms with Gasteiger partial charge in [-0.25, -0.2) is 9.78 Å². The maximum Gasteiger partial charge on any atom is 0.335 e. The summed E-state index contributed by atoms with van der Waals surface area (Å²) < 4.78 is 1.98. The average Bonchev–Trinajstić information content (AvgIpc) is 3.14. The lowest BCUT2D eigenvalue weighted by Gasteiger charge is -2.28. The quantitative estimate of drug-likeness (QED) is 0.551. The van der Waals surface area contributed by atoms with Gasteiger partial charge in [0.05, 0.1) is 23.5 Å². The Morgan fingerprint density at radius 1 is 0.969 bits per heavy atom. The molecule has 1 saturated heterocycles. The topological polar surface area (TPSA) is 75.4 Å². The van der Waals surface area contributed by atoms with Gasteiger partial charge in [0.2, 0.25) is 0 Å². The third-order valence-corrected chi connectivity index (χ3v) is 5.91. The number of carbonyl (C=O) groups is 2. The highest BCUT2D eigenvalue weighted by Gasteiger charge is 2.17. The van der Waals surface area contributed by atoms with E-state index in [4.69, 9.17) is 10.1 Å². The van der Waals surface area contributed by atoms with Gasteiger partial charge in [0, 0.05) is 25.7 Å². The molecule has 1 fully saturated rings. The van der Waals surface area contributed by atoms with Crippen LogP contribution in [0.3, 0.4) is 0 Å². The van der Waals surface area contributed by atoms with Crippen LogP contribution in [-0.4, -0.2) is 39.5 Å². The van der Waals surface area contributed by atoms with E-state index in [1.54, 1.807) is 12.1 Å². The number of nitrogens with zero attached hydrogens (tertiary/aromatic N) is 3. The first kappa shape index (κ1) is 21.8. The summed E-state index contributed by atoms with van der Waals surface area (Å²) in [7, 11) is 0. The monoisotopic (exact) mass is 431 g/mol. The number of pyridine rings is 1. The predicted octanol–water partition coefficient (Wildman–Crippen LogP) is 4.66. The molecule has 0 atom stereocenters. The molecule has 0 bridgehead atoms. The molecule has 0 spiro atoms. The van der Waals surface area contributed by atoms with E-state index in [0.717, 1.165) is 35.7 Å². The van der Waals surface area contributed by atoms with Gasteiger partial charge in [-0.15, -0.1) is 0 Å². The van der Waals surface area contributed by atoms with E-state index in [0.29, 0.717) is 12.2 Å². The van der Waals surface area contributed by atoms with E-state index in [-0.39, 0.29) is 17.8 Å². The molecule has 1 aromatic carbocycles. The highest BCUT2D eigenvalue weighted by Crippen LogP contribution is 2.21. The summed E-state index contributed by atoms with van der Waals surface area (Å²) in [5.74, 6) is 0.0574. The number of ketones is 1. The van der Waals surface area contributed by atoms with Crippen molar-refractivity contribution in [2.24, 2.45) is 0 Å². The van der Waals surface area contributed by atoms with Gasteiger partial charge in [0.15, 0.2) is 5.78 Å². The molecule has 3 aromatic rings. The number of hydrogen-bond donors (Lipinski definition) is 1. The summed E-state index contributed by atoms with van der Waals surface area (Å²) in [6, 6.07) is 12.6. The second-order valence-corrected chi connectivity index (χ2v) is 8.67. The number of piperidine rings is 1. The first-order chi connectivity index (χ1) is 15.4. The van der Waals surface area contributed by atoms with Crippen LogP contribution in [0.25, 0.3) is 0 Å². The molecule has 0 amide bonds. The molecular weight excluding hydrogens is 402 g/mol. The second kappa shape index (κ2) is 9.39. The standard InChI is InChI=1S/C26H29N3O3/c1-18-12-22(27-25(14-18)28-10-4-3-5-11-28)17-29-16-19(2)13-23(29)24(30)15-20-6-8-21(9-7-20)26(31)32/h6-9,12-14,16H,3-5,10-11,15,17H2,1-2H3,(H,31,32). The molecule has 6 nitrogen and oxygen atoms in total. The largest absolute Gasteiger partial charge is 0.478 e. The minimum Gasteiger partial charge on any atom is -0.478 e. The number of benzene rings is 1. The van der Waals surface area contributed by atoms with Crippen molar-refractivity contribution < 1.29 is 14.7 Å². The highest BCUT2D eigenvalue weighted by atomic mass is 16.4. The summed E-state index contributed by atoms with van der Waals surface area (Å²) >= 11 is 0. The number of aryl methyl sites for hydroxylation is 2. The molecule has 0 saturated carbocycles. The SMILES string of the molecule is Cc1cc(Cn2cc(C)cc2C(=O)Cc2ccc(C(=O)O)cc2)nc(N2CCCCC2)c1. The second-order valence-electron chi connectivity index (χ2n) is 8.67.